The van der Waals surface area contributed by atoms with Crippen LogP contribution in [0.5, 0.6) is 0 Å². The minimum atomic E-state index is 0.00415. The highest BCUT2D eigenvalue weighted by Gasteiger charge is 2.30. The Hall–Kier alpha value is -2.18. The molecule has 0 bridgehead atoms. The van der Waals surface area contributed by atoms with Gasteiger partial charge in [-0.1, -0.05) is 13.8 Å². The first-order chi connectivity index (χ1) is 11.1. The Labute approximate surface area is 136 Å². The first-order valence-electron chi connectivity index (χ1n) is 8.25. The van der Waals surface area contributed by atoms with Crippen LogP contribution in [0.25, 0.3) is 0 Å². The molecule has 1 saturated heterocycles. The van der Waals surface area contributed by atoms with Crippen molar-refractivity contribution in [2.45, 2.75) is 51.5 Å². The number of rotatable bonds is 4. The summed E-state index contributed by atoms with van der Waals surface area (Å²) in [6.07, 6.45) is 5.18. The van der Waals surface area contributed by atoms with Crippen molar-refractivity contribution in [2.75, 3.05) is 6.54 Å². The molecule has 1 aliphatic heterocycles. The summed E-state index contributed by atoms with van der Waals surface area (Å²) in [6, 6.07) is 1.90. The molecule has 0 unspecified atom stereocenters. The van der Waals surface area contributed by atoms with Crippen LogP contribution in [-0.4, -0.2) is 42.3 Å². The van der Waals surface area contributed by atoms with E-state index in [1.54, 1.807) is 10.9 Å². The highest BCUT2D eigenvalue weighted by atomic mass is 16.2. The van der Waals surface area contributed by atoms with Gasteiger partial charge >= 0.3 is 0 Å². The number of amides is 1. The van der Waals surface area contributed by atoms with E-state index < -0.39 is 0 Å². The lowest BCUT2D eigenvalue weighted by atomic mass is 10.0. The molecule has 2 aromatic heterocycles. The van der Waals surface area contributed by atoms with Crippen LogP contribution in [0.2, 0.25) is 0 Å². The molecule has 1 N–H and O–H groups in total. The van der Waals surface area contributed by atoms with Crippen LogP contribution < -0.4 is 0 Å². The zero-order chi connectivity index (χ0) is 16.4. The Balaban J connectivity index is 1.77. The third-order valence-corrected chi connectivity index (χ3v) is 4.43. The van der Waals surface area contributed by atoms with Crippen LogP contribution in [0.3, 0.4) is 0 Å². The van der Waals surface area contributed by atoms with E-state index in [9.17, 15) is 4.79 Å². The Morgan fingerprint density at radius 2 is 2.26 bits per heavy atom. The molecular weight excluding hydrogens is 292 g/mol. The van der Waals surface area contributed by atoms with Crippen molar-refractivity contribution in [1.29, 1.82) is 0 Å². The van der Waals surface area contributed by atoms with E-state index in [2.05, 4.69) is 34.1 Å². The second kappa shape index (κ2) is 6.52. The second-order valence-electron chi connectivity index (χ2n) is 6.46. The minimum absolute atomic E-state index is 0.00415. The van der Waals surface area contributed by atoms with Crippen LogP contribution in [0.1, 0.15) is 62.4 Å². The van der Waals surface area contributed by atoms with Crippen molar-refractivity contribution in [2.24, 2.45) is 7.05 Å². The van der Waals surface area contributed by atoms with Crippen molar-refractivity contribution in [3.8, 4) is 0 Å². The molecule has 0 aromatic carbocycles. The molecule has 2 aromatic rings. The third kappa shape index (κ3) is 3.28. The van der Waals surface area contributed by atoms with Crippen molar-refractivity contribution in [3.05, 3.63) is 29.6 Å². The zero-order valence-corrected chi connectivity index (χ0v) is 14.0. The van der Waals surface area contributed by atoms with E-state index in [1.165, 1.54) is 0 Å². The fourth-order valence-electron chi connectivity index (χ4n) is 3.04. The number of nitrogens with one attached hydrogen (secondary N) is 1. The molecule has 1 atom stereocenters. The van der Waals surface area contributed by atoms with Crippen LogP contribution in [0.15, 0.2) is 12.3 Å². The summed E-state index contributed by atoms with van der Waals surface area (Å²) in [7, 11) is 1.86. The SMILES string of the molecule is CC(C)c1n[nH]c([C@@H]2CCCCN2C(=O)Cc2ccnn2C)n1. The second-order valence-corrected chi connectivity index (χ2v) is 6.46. The molecule has 3 rings (SSSR count). The monoisotopic (exact) mass is 316 g/mol. The van der Waals surface area contributed by atoms with Gasteiger partial charge in [-0.15, -0.1) is 0 Å². The van der Waals surface area contributed by atoms with E-state index in [0.717, 1.165) is 43.1 Å². The molecule has 1 fully saturated rings. The number of aryl methyl sites for hydroxylation is 1. The maximum atomic E-state index is 12.8. The fraction of sp³-hybridized carbons (Fsp3) is 0.625. The van der Waals surface area contributed by atoms with Gasteiger partial charge in [0, 0.05) is 31.4 Å². The van der Waals surface area contributed by atoms with E-state index >= 15 is 0 Å². The van der Waals surface area contributed by atoms with Crippen molar-refractivity contribution in [3.63, 3.8) is 0 Å². The number of aromatic amines is 1. The van der Waals surface area contributed by atoms with E-state index in [0.29, 0.717) is 6.42 Å². The molecule has 3 heterocycles. The Kier molecular flexibility index (Phi) is 4.45. The lowest BCUT2D eigenvalue weighted by Gasteiger charge is -2.34. The van der Waals surface area contributed by atoms with Crippen LogP contribution >= 0.6 is 0 Å². The maximum absolute atomic E-state index is 12.8. The van der Waals surface area contributed by atoms with Crippen LogP contribution in [-0.2, 0) is 18.3 Å². The lowest BCUT2D eigenvalue weighted by molar-refractivity contribution is -0.134. The summed E-state index contributed by atoms with van der Waals surface area (Å²) in [5.74, 6) is 2.03. The fourth-order valence-corrected chi connectivity index (χ4v) is 3.04. The predicted octanol–water partition coefficient (Wildman–Crippen LogP) is 1.96. The zero-order valence-electron chi connectivity index (χ0n) is 14.0. The molecule has 1 amide bonds. The van der Waals surface area contributed by atoms with Crippen LogP contribution in [0.4, 0.5) is 0 Å². The number of nitrogens with zero attached hydrogens (tertiary/aromatic N) is 5. The summed E-state index contributed by atoms with van der Waals surface area (Å²) in [6.45, 7) is 4.91. The molecule has 0 spiro atoms. The molecule has 1 aliphatic rings. The normalized spacial score (nSPS) is 18.6. The first-order valence-corrected chi connectivity index (χ1v) is 8.25. The summed E-state index contributed by atoms with van der Waals surface area (Å²) in [4.78, 5) is 19.3. The summed E-state index contributed by atoms with van der Waals surface area (Å²) < 4.78 is 1.75. The number of H-pyrrole nitrogens is 1. The van der Waals surface area contributed by atoms with E-state index in [4.69, 9.17) is 0 Å². The average Bonchev–Trinajstić information content (AvgIpc) is 3.17. The quantitative estimate of drug-likeness (QED) is 0.935. The summed E-state index contributed by atoms with van der Waals surface area (Å²) >= 11 is 0. The molecule has 124 valence electrons. The number of carbonyl (C=O) groups is 1. The lowest BCUT2D eigenvalue weighted by Crippen LogP contribution is -2.40. The molecule has 7 heteroatoms. The third-order valence-electron chi connectivity index (χ3n) is 4.43. The van der Waals surface area contributed by atoms with Gasteiger partial charge in [-0.25, -0.2) is 4.98 Å². The minimum Gasteiger partial charge on any atom is -0.332 e. The Bertz CT molecular complexity index is 674. The number of aromatic nitrogens is 5. The van der Waals surface area contributed by atoms with Gasteiger partial charge in [-0.05, 0) is 25.3 Å². The highest BCUT2D eigenvalue weighted by molar-refractivity contribution is 5.78. The van der Waals surface area contributed by atoms with Gasteiger partial charge in [0.15, 0.2) is 5.82 Å². The van der Waals surface area contributed by atoms with Gasteiger partial charge in [0.05, 0.1) is 12.5 Å². The number of hydrogen-bond acceptors (Lipinski definition) is 4. The number of piperidine rings is 1. The van der Waals surface area contributed by atoms with E-state index in [1.807, 2.05) is 18.0 Å². The van der Waals surface area contributed by atoms with Crippen molar-refractivity contribution in [1.82, 2.24) is 29.9 Å². The molecule has 0 aliphatic carbocycles. The largest absolute Gasteiger partial charge is 0.332 e. The van der Waals surface area contributed by atoms with Gasteiger partial charge in [0.1, 0.15) is 5.82 Å². The molecule has 7 nitrogen and oxygen atoms in total. The first kappa shape index (κ1) is 15.7. The van der Waals surface area contributed by atoms with Gasteiger partial charge < -0.3 is 4.90 Å². The standard InChI is InChI=1S/C16H24N6O/c1-11(2)15-18-16(20-19-15)13-6-4-5-9-22(13)14(23)10-12-7-8-17-21(12)3/h7-8,11,13H,4-6,9-10H2,1-3H3,(H,18,19,20)/t13-/m0/s1. The average molecular weight is 316 g/mol. The van der Waals surface area contributed by atoms with Gasteiger partial charge in [-0.3, -0.25) is 14.6 Å². The summed E-state index contributed by atoms with van der Waals surface area (Å²) in [5.41, 5.74) is 0.930. The number of likely N-dealkylation sites (tertiary alicyclic amines) is 1. The Morgan fingerprint density at radius 3 is 2.91 bits per heavy atom. The molecule has 0 radical (unpaired) electrons. The van der Waals surface area contributed by atoms with Crippen molar-refractivity contribution >= 4 is 5.91 Å². The molecular formula is C16H24N6O. The predicted molar refractivity (Wildman–Crippen MR) is 85.7 cm³/mol. The van der Waals surface area contributed by atoms with Crippen molar-refractivity contribution < 1.29 is 4.79 Å². The van der Waals surface area contributed by atoms with Gasteiger partial charge in [0.2, 0.25) is 5.91 Å². The topological polar surface area (TPSA) is 79.7 Å². The summed E-state index contributed by atoms with van der Waals surface area (Å²) in [5, 5.41) is 11.5. The molecule has 23 heavy (non-hydrogen) atoms. The van der Waals surface area contributed by atoms with Crippen LogP contribution in [0, 0.1) is 0 Å². The number of hydrogen-bond donors (Lipinski definition) is 1. The number of carbonyl (C=O) groups excluding carboxylic acids is 1. The Morgan fingerprint density at radius 1 is 1.43 bits per heavy atom. The van der Waals surface area contributed by atoms with Gasteiger partial charge in [-0.2, -0.15) is 10.2 Å². The van der Waals surface area contributed by atoms with Gasteiger partial charge in [0.25, 0.3) is 0 Å². The smallest absolute Gasteiger partial charge is 0.229 e. The molecule has 0 saturated carbocycles. The highest BCUT2D eigenvalue weighted by Crippen LogP contribution is 2.30. The van der Waals surface area contributed by atoms with E-state index in [-0.39, 0.29) is 17.9 Å². The maximum Gasteiger partial charge on any atom is 0.229 e.